The Balaban J connectivity index is 1.48. The molecule has 9 nitrogen and oxygen atoms in total. The van der Waals surface area contributed by atoms with Crippen LogP contribution in [0.25, 0.3) is 22.1 Å². The number of rotatable bonds is 4. The summed E-state index contributed by atoms with van der Waals surface area (Å²) < 4.78 is 3.07. The quantitative estimate of drug-likeness (QED) is 0.319. The number of para-hydroxylation sites is 1. The molecule has 6 rings (SSSR count). The van der Waals surface area contributed by atoms with Crippen LogP contribution in [-0.2, 0) is 0 Å². The molecule has 2 aromatic carbocycles. The molecule has 6 aromatic rings. The zero-order chi connectivity index (χ0) is 27.8. The van der Waals surface area contributed by atoms with Gasteiger partial charge < -0.3 is 11.1 Å². The summed E-state index contributed by atoms with van der Waals surface area (Å²) in [7, 11) is 0. The van der Waals surface area contributed by atoms with Gasteiger partial charge in [0.25, 0.3) is 11.5 Å². The minimum absolute atomic E-state index is 0.0703. The number of fused-ring (bicyclic) bond motifs is 2. The molecule has 0 aliphatic heterocycles. The number of hydrogen-bond donors (Lipinski definition) is 2. The van der Waals surface area contributed by atoms with Crippen LogP contribution < -0.4 is 16.6 Å². The second kappa shape index (κ2) is 10.1. The standard InChI is InChI=1S/C30H23N7O2S/c1-18(33-29(38)26-27(31)35-36-15-7-14-32-28(26)36)24-16-21-9-6-8-20(12-13-22-17-40-19(2)34-22)25(21)30(39)37(24)23-10-4-3-5-11-23/h3-11,14-18H,1-2H3,(H2,31,35)(H,33,38)/t18-/m1/s1. The van der Waals surface area contributed by atoms with E-state index in [4.69, 9.17) is 5.73 Å². The lowest BCUT2D eigenvalue weighted by Gasteiger charge is -2.21. The number of thiazole rings is 1. The Kier molecular flexibility index (Phi) is 6.34. The number of pyridine rings is 1. The van der Waals surface area contributed by atoms with E-state index in [1.54, 1.807) is 23.0 Å². The predicted molar refractivity (Wildman–Crippen MR) is 156 cm³/mol. The van der Waals surface area contributed by atoms with Gasteiger partial charge in [0.1, 0.15) is 11.3 Å². The first-order valence-electron chi connectivity index (χ1n) is 12.5. The monoisotopic (exact) mass is 545 g/mol. The first-order valence-corrected chi connectivity index (χ1v) is 13.4. The number of aryl methyl sites for hydroxylation is 1. The smallest absolute Gasteiger partial charge is 0.264 e. The molecule has 10 heteroatoms. The van der Waals surface area contributed by atoms with Crippen molar-refractivity contribution in [3.63, 3.8) is 0 Å². The Labute approximate surface area is 233 Å². The van der Waals surface area contributed by atoms with Crippen LogP contribution in [0.3, 0.4) is 0 Å². The maximum atomic E-state index is 14.2. The summed E-state index contributed by atoms with van der Waals surface area (Å²) in [5.41, 5.74) is 8.89. The third kappa shape index (κ3) is 4.48. The minimum atomic E-state index is -0.574. The molecule has 0 radical (unpaired) electrons. The fourth-order valence-electron chi connectivity index (χ4n) is 4.66. The fraction of sp³-hybridized carbons (Fsp3) is 0.100. The summed E-state index contributed by atoms with van der Waals surface area (Å²) in [5, 5.41) is 11.2. The van der Waals surface area contributed by atoms with Crippen LogP contribution in [0, 0.1) is 18.8 Å². The highest BCUT2D eigenvalue weighted by Crippen LogP contribution is 2.24. The first kappa shape index (κ1) is 25.0. The lowest BCUT2D eigenvalue weighted by Crippen LogP contribution is -2.32. The van der Waals surface area contributed by atoms with Crippen molar-refractivity contribution in [2.24, 2.45) is 0 Å². The van der Waals surface area contributed by atoms with Crippen molar-refractivity contribution in [3.05, 3.63) is 116 Å². The van der Waals surface area contributed by atoms with Crippen LogP contribution in [0.4, 0.5) is 5.82 Å². The number of benzene rings is 2. The molecule has 0 aliphatic rings. The average molecular weight is 546 g/mol. The van der Waals surface area contributed by atoms with E-state index in [2.05, 4.69) is 32.2 Å². The number of carbonyl (C=O) groups excluding carboxylic acids is 1. The second-order valence-electron chi connectivity index (χ2n) is 9.16. The largest absolute Gasteiger partial charge is 0.381 e. The Hall–Kier alpha value is -5.27. The maximum Gasteiger partial charge on any atom is 0.264 e. The molecule has 3 N–H and O–H groups in total. The molecular formula is C30H23N7O2S. The zero-order valence-electron chi connectivity index (χ0n) is 21.6. The van der Waals surface area contributed by atoms with E-state index in [0.717, 1.165) is 5.01 Å². The number of carbonyl (C=O) groups is 1. The second-order valence-corrected chi connectivity index (χ2v) is 10.2. The summed E-state index contributed by atoms with van der Waals surface area (Å²) >= 11 is 1.53. The lowest BCUT2D eigenvalue weighted by atomic mass is 10.0. The molecule has 0 saturated heterocycles. The number of hydrogen-bond acceptors (Lipinski definition) is 7. The van der Waals surface area contributed by atoms with Crippen LogP contribution in [0.15, 0.2) is 83.2 Å². The third-order valence-electron chi connectivity index (χ3n) is 6.47. The van der Waals surface area contributed by atoms with Gasteiger partial charge in [0.05, 0.1) is 16.4 Å². The van der Waals surface area contributed by atoms with E-state index < -0.39 is 11.9 Å². The number of anilines is 1. The molecule has 0 saturated carbocycles. The van der Waals surface area contributed by atoms with Crippen molar-refractivity contribution >= 4 is 39.5 Å². The van der Waals surface area contributed by atoms with Crippen molar-refractivity contribution in [2.75, 3.05) is 5.73 Å². The zero-order valence-corrected chi connectivity index (χ0v) is 22.4. The van der Waals surface area contributed by atoms with E-state index in [1.165, 1.54) is 15.9 Å². The highest BCUT2D eigenvalue weighted by Gasteiger charge is 2.24. The van der Waals surface area contributed by atoms with Crippen LogP contribution in [-0.4, -0.2) is 30.1 Å². The molecular weight excluding hydrogens is 522 g/mol. The number of amides is 1. The van der Waals surface area contributed by atoms with Gasteiger partial charge in [-0.15, -0.1) is 16.4 Å². The molecule has 4 heterocycles. The normalized spacial score (nSPS) is 11.8. The van der Waals surface area contributed by atoms with Crippen LogP contribution >= 0.6 is 11.3 Å². The summed E-state index contributed by atoms with van der Waals surface area (Å²) in [6.45, 7) is 3.75. The van der Waals surface area contributed by atoms with Crippen molar-refractivity contribution in [2.45, 2.75) is 19.9 Å². The number of aromatic nitrogens is 5. The van der Waals surface area contributed by atoms with Gasteiger partial charge in [-0.1, -0.05) is 36.3 Å². The van der Waals surface area contributed by atoms with E-state index in [0.29, 0.717) is 39.1 Å². The van der Waals surface area contributed by atoms with Gasteiger partial charge >= 0.3 is 0 Å². The van der Waals surface area contributed by atoms with E-state index in [9.17, 15) is 9.59 Å². The van der Waals surface area contributed by atoms with E-state index in [1.807, 2.05) is 73.8 Å². The average Bonchev–Trinajstić information content (AvgIpc) is 3.53. The summed E-state index contributed by atoms with van der Waals surface area (Å²) in [6.07, 6.45) is 3.24. The Morgan fingerprint density at radius 1 is 1.10 bits per heavy atom. The van der Waals surface area contributed by atoms with Crippen molar-refractivity contribution in [3.8, 4) is 17.5 Å². The molecule has 0 spiro atoms. The van der Waals surface area contributed by atoms with Crippen LogP contribution in [0.1, 0.15) is 45.3 Å². The maximum absolute atomic E-state index is 14.2. The Morgan fingerprint density at radius 3 is 2.70 bits per heavy atom. The van der Waals surface area contributed by atoms with E-state index >= 15 is 0 Å². The highest BCUT2D eigenvalue weighted by atomic mass is 32.1. The highest BCUT2D eigenvalue weighted by molar-refractivity contribution is 7.09. The Morgan fingerprint density at radius 2 is 1.93 bits per heavy atom. The SMILES string of the molecule is Cc1nc(C#Cc2cccc3cc([C@@H](C)NC(=O)c4c(N)nn5cccnc45)n(-c4ccccc4)c(=O)c23)cs1. The topological polar surface area (TPSA) is 120 Å². The first-order chi connectivity index (χ1) is 19.4. The lowest BCUT2D eigenvalue weighted by molar-refractivity contribution is 0.0941. The molecule has 1 atom stereocenters. The van der Waals surface area contributed by atoms with Crippen molar-refractivity contribution in [1.82, 2.24) is 29.5 Å². The molecule has 40 heavy (non-hydrogen) atoms. The Bertz CT molecular complexity index is 2030. The summed E-state index contributed by atoms with van der Waals surface area (Å²) in [6, 6.07) is 17.9. The van der Waals surface area contributed by atoms with Gasteiger partial charge in [-0.2, -0.15) is 0 Å². The van der Waals surface area contributed by atoms with Crippen molar-refractivity contribution < 1.29 is 4.79 Å². The summed E-state index contributed by atoms with van der Waals surface area (Å²) in [4.78, 5) is 36.2. The third-order valence-corrected chi connectivity index (χ3v) is 7.25. The van der Waals surface area contributed by atoms with Gasteiger partial charge in [-0.25, -0.2) is 14.5 Å². The van der Waals surface area contributed by atoms with Gasteiger partial charge in [0.2, 0.25) is 0 Å². The van der Waals surface area contributed by atoms with Gasteiger partial charge in [-0.3, -0.25) is 14.2 Å². The molecule has 0 aliphatic carbocycles. The van der Waals surface area contributed by atoms with Gasteiger partial charge in [0.15, 0.2) is 11.5 Å². The van der Waals surface area contributed by atoms with E-state index in [-0.39, 0.29) is 16.9 Å². The molecule has 196 valence electrons. The van der Waals surface area contributed by atoms with Crippen LogP contribution in [0.5, 0.6) is 0 Å². The number of nitrogen functional groups attached to an aromatic ring is 1. The molecule has 0 fully saturated rings. The number of nitrogens with one attached hydrogen (secondary N) is 1. The molecule has 0 unspecified atom stereocenters. The van der Waals surface area contributed by atoms with Crippen molar-refractivity contribution in [1.29, 1.82) is 0 Å². The number of nitrogens with zero attached hydrogens (tertiary/aromatic N) is 5. The van der Waals surface area contributed by atoms with Crippen LogP contribution in [0.2, 0.25) is 0 Å². The van der Waals surface area contributed by atoms with Gasteiger partial charge in [0, 0.05) is 34.7 Å². The summed E-state index contributed by atoms with van der Waals surface area (Å²) in [5.74, 6) is 5.85. The molecule has 1 amide bonds. The molecule has 4 aromatic heterocycles. The molecule has 0 bridgehead atoms. The fourth-order valence-corrected chi connectivity index (χ4v) is 5.21. The number of nitrogens with two attached hydrogens (primary N) is 1. The predicted octanol–water partition coefficient (Wildman–Crippen LogP) is 4.27. The van der Waals surface area contributed by atoms with Gasteiger partial charge in [-0.05, 0) is 55.5 Å². The minimum Gasteiger partial charge on any atom is -0.381 e.